The van der Waals surface area contributed by atoms with Crippen LogP contribution in [0.5, 0.6) is 0 Å². The van der Waals surface area contributed by atoms with Gasteiger partial charge in [-0.3, -0.25) is 14.6 Å². The lowest BCUT2D eigenvalue weighted by Gasteiger charge is -2.24. The average Bonchev–Trinajstić information content (AvgIpc) is 3.23. The molecule has 1 aliphatic heterocycles. The number of ketones is 1. The lowest BCUT2D eigenvalue weighted by molar-refractivity contribution is -0.118. The van der Waals surface area contributed by atoms with Crippen molar-refractivity contribution in [3.05, 3.63) is 68.1 Å². The molecule has 0 saturated carbocycles. The van der Waals surface area contributed by atoms with Gasteiger partial charge in [0.05, 0.1) is 28.5 Å². The number of nitrogens with two attached hydrogens (primary N) is 1. The number of amides is 1. The molecule has 0 spiro atoms. The predicted molar refractivity (Wildman–Crippen MR) is 160 cm³/mol. The highest BCUT2D eigenvalue weighted by Crippen LogP contribution is 2.43. The first-order valence-corrected chi connectivity index (χ1v) is 15.5. The molecule has 220 valence electrons. The third kappa shape index (κ3) is 7.25. The second kappa shape index (κ2) is 13.0. The minimum atomic E-state index is -4.04. The smallest absolute Gasteiger partial charge is 0.264 e. The van der Waals surface area contributed by atoms with Crippen molar-refractivity contribution < 1.29 is 22.7 Å². The van der Waals surface area contributed by atoms with Crippen LogP contribution in [0, 0.1) is 20.8 Å². The van der Waals surface area contributed by atoms with E-state index < -0.39 is 27.6 Å². The normalized spacial score (nSPS) is 15.0. The number of hydrogen-bond acceptors (Lipinski definition) is 7. The Morgan fingerprint density at radius 2 is 1.93 bits per heavy atom. The Bertz CT molecular complexity index is 1550. The quantitative estimate of drug-likeness (QED) is 0.0614. The van der Waals surface area contributed by atoms with Crippen LogP contribution in [-0.2, 0) is 31.8 Å². The summed E-state index contributed by atoms with van der Waals surface area (Å²) in [7, 11) is -4.04. The van der Waals surface area contributed by atoms with E-state index >= 15 is 0 Å². The highest BCUT2D eigenvalue weighted by molar-refractivity contribution is 9.09. The molecule has 0 fully saturated rings. The van der Waals surface area contributed by atoms with Gasteiger partial charge in [0.1, 0.15) is 0 Å². The number of ether oxygens (including phenoxy) is 1. The number of halogens is 1. The number of benzene rings is 2. The fourth-order valence-corrected chi connectivity index (χ4v) is 6.95. The van der Waals surface area contributed by atoms with Gasteiger partial charge in [0.15, 0.2) is 5.78 Å². The van der Waals surface area contributed by atoms with Gasteiger partial charge in [-0.1, -0.05) is 33.2 Å². The standard InChI is InChI=1S/C27H34BrN7O5S/c1-15-16(2)24(17(3)20-14-40-27(4,5)23(15)20)41(38,39)34-26(29)31-11-7-10-21(22(36)13-28)32-25(37)18-8-6-9-19(12-18)33-35-30/h6,8-9,12,21H,7,10-11,13-14H2,1-5H3,(H,32,37)(H3,29,31,34)/t21-/m0/s1. The number of fused-ring (bicyclic) bond motifs is 1. The Kier molecular flexibility index (Phi) is 10.2. The van der Waals surface area contributed by atoms with Crippen molar-refractivity contribution in [3.8, 4) is 0 Å². The molecule has 41 heavy (non-hydrogen) atoms. The maximum Gasteiger partial charge on any atom is 0.264 e. The van der Waals surface area contributed by atoms with E-state index in [-0.39, 0.29) is 46.2 Å². The number of guanidine groups is 1. The summed E-state index contributed by atoms with van der Waals surface area (Å²) in [5.74, 6) is -1.02. The van der Waals surface area contributed by atoms with Crippen molar-refractivity contribution in [1.29, 1.82) is 0 Å². The van der Waals surface area contributed by atoms with Gasteiger partial charge in [-0.15, -0.1) is 0 Å². The van der Waals surface area contributed by atoms with E-state index in [0.717, 1.165) is 16.7 Å². The van der Waals surface area contributed by atoms with E-state index in [1.54, 1.807) is 26.0 Å². The first kappa shape index (κ1) is 32.1. The molecular formula is C27H34BrN7O5S. The number of sulfonamides is 1. The molecule has 0 bridgehead atoms. The van der Waals surface area contributed by atoms with E-state index in [0.29, 0.717) is 24.2 Å². The van der Waals surface area contributed by atoms with Crippen LogP contribution < -0.4 is 15.8 Å². The molecule has 0 unspecified atom stereocenters. The fraction of sp³-hybridized carbons (Fsp3) is 0.444. The van der Waals surface area contributed by atoms with Crippen molar-refractivity contribution >= 4 is 49.3 Å². The molecule has 2 aromatic rings. The van der Waals surface area contributed by atoms with Gasteiger partial charge in [-0.05, 0) is 92.9 Å². The van der Waals surface area contributed by atoms with Crippen molar-refractivity contribution in [2.75, 3.05) is 11.9 Å². The molecule has 2 aromatic carbocycles. The van der Waals surface area contributed by atoms with Crippen LogP contribution in [0.15, 0.2) is 39.3 Å². The summed E-state index contributed by atoms with van der Waals surface area (Å²) >= 11 is 3.13. The molecule has 14 heteroatoms. The molecule has 0 aliphatic carbocycles. The van der Waals surface area contributed by atoms with Crippen LogP contribution in [0.25, 0.3) is 10.4 Å². The summed E-state index contributed by atoms with van der Waals surface area (Å²) in [5.41, 5.74) is 18.5. The Labute approximate surface area is 247 Å². The first-order valence-electron chi connectivity index (χ1n) is 12.9. The number of carbonyl (C=O) groups excluding carboxylic acids is 2. The number of carbonyl (C=O) groups is 2. The van der Waals surface area contributed by atoms with Crippen LogP contribution >= 0.6 is 15.9 Å². The monoisotopic (exact) mass is 647 g/mol. The van der Waals surface area contributed by atoms with E-state index in [2.05, 4.69) is 41.0 Å². The van der Waals surface area contributed by atoms with Gasteiger partial charge in [-0.2, -0.15) is 0 Å². The van der Waals surface area contributed by atoms with Gasteiger partial charge in [0.25, 0.3) is 15.9 Å². The summed E-state index contributed by atoms with van der Waals surface area (Å²) in [5, 5.41) is 6.20. The first-order chi connectivity index (χ1) is 19.2. The second-order valence-corrected chi connectivity index (χ2v) is 12.4. The number of rotatable bonds is 11. The van der Waals surface area contributed by atoms with Crippen LogP contribution in [-0.4, -0.2) is 44.0 Å². The maximum atomic E-state index is 13.4. The average molecular weight is 649 g/mol. The summed E-state index contributed by atoms with van der Waals surface area (Å²) < 4.78 is 35.0. The minimum absolute atomic E-state index is 0.0308. The van der Waals surface area contributed by atoms with Crippen molar-refractivity contribution in [3.63, 3.8) is 0 Å². The summed E-state index contributed by atoms with van der Waals surface area (Å²) in [6.45, 7) is 9.79. The Morgan fingerprint density at radius 3 is 2.59 bits per heavy atom. The van der Waals surface area contributed by atoms with Crippen molar-refractivity contribution in [2.24, 2.45) is 15.8 Å². The van der Waals surface area contributed by atoms with Gasteiger partial charge in [0.2, 0.25) is 5.96 Å². The molecule has 0 saturated heterocycles. The minimum Gasteiger partial charge on any atom is -0.369 e. The predicted octanol–water partition coefficient (Wildman–Crippen LogP) is 4.45. The van der Waals surface area contributed by atoms with E-state index in [1.807, 2.05) is 20.8 Å². The number of azide groups is 1. The number of hydrogen-bond donors (Lipinski definition) is 3. The lowest BCUT2D eigenvalue weighted by atomic mass is 9.87. The molecule has 1 heterocycles. The Hall–Kier alpha value is -3.45. The Balaban J connectivity index is 1.68. The highest BCUT2D eigenvalue weighted by Gasteiger charge is 2.37. The van der Waals surface area contributed by atoms with E-state index in [1.165, 1.54) is 12.1 Å². The van der Waals surface area contributed by atoms with Gasteiger partial charge in [0, 0.05) is 22.7 Å². The molecule has 1 atom stereocenters. The van der Waals surface area contributed by atoms with E-state index in [9.17, 15) is 18.0 Å². The summed E-state index contributed by atoms with van der Waals surface area (Å²) in [6, 6.07) is 5.27. The van der Waals surface area contributed by atoms with E-state index in [4.69, 9.17) is 16.0 Å². The molecule has 4 N–H and O–H groups in total. The van der Waals surface area contributed by atoms with Gasteiger partial charge < -0.3 is 15.8 Å². The molecule has 1 amide bonds. The second-order valence-electron chi connectivity index (χ2n) is 10.2. The van der Waals surface area contributed by atoms with Crippen molar-refractivity contribution in [1.82, 2.24) is 10.0 Å². The van der Waals surface area contributed by atoms with Crippen molar-refractivity contribution in [2.45, 2.75) is 70.6 Å². The number of nitrogens with zero attached hydrogens (tertiary/aromatic N) is 4. The molecule has 12 nitrogen and oxygen atoms in total. The number of nitrogens with one attached hydrogen (secondary N) is 2. The lowest BCUT2D eigenvalue weighted by Crippen LogP contribution is -2.41. The summed E-state index contributed by atoms with van der Waals surface area (Å²) in [4.78, 5) is 32.1. The number of aliphatic imine (C=N–C) groups is 1. The third-order valence-corrected chi connectivity index (χ3v) is 9.27. The Morgan fingerprint density at radius 1 is 1.22 bits per heavy atom. The largest absolute Gasteiger partial charge is 0.369 e. The zero-order chi connectivity index (χ0) is 30.5. The third-order valence-electron chi connectivity index (χ3n) is 7.09. The number of alkyl halides is 1. The van der Waals surface area contributed by atoms with Gasteiger partial charge >= 0.3 is 0 Å². The summed E-state index contributed by atoms with van der Waals surface area (Å²) in [6.07, 6.45) is 0.584. The molecule has 0 aromatic heterocycles. The fourth-order valence-electron chi connectivity index (χ4n) is 5.04. The van der Waals surface area contributed by atoms with Crippen LogP contribution in [0.2, 0.25) is 0 Å². The number of Topliss-reactive ketones (excluding diaryl/α,β-unsaturated/α-hetero) is 1. The van der Waals surface area contributed by atoms with Crippen LogP contribution in [0.3, 0.4) is 0 Å². The highest BCUT2D eigenvalue weighted by atomic mass is 79.9. The van der Waals surface area contributed by atoms with Gasteiger partial charge in [-0.25, -0.2) is 13.1 Å². The zero-order valence-corrected chi connectivity index (χ0v) is 26.0. The maximum absolute atomic E-state index is 13.4. The molecule has 1 aliphatic rings. The molecule has 0 radical (unpaired) electrons. The zero-order valence-electron chi connectivity index (χ0n) is 23.6. The molecule has 3 rings (SSSR count). The van der Waals surface area contributed by atoms with Crippen LogP contribution in [0.4, 0.5) is 5.69 Å². The topological polar surface area (TPSA) is 189 Å². The van der Waals surface area contributed by atoms with Crippen LogP contribution in [0.1, 0.15) is 64.9 Å². The molecular weight excluding hydrogens is 614 g/mol. The SMILES string of the molecule is Cc1c(C)c(S(=O)(=O)NC(N)=NCCC[C@H](NC(=O)c2cccc(N=[N+]=[N-])c2)C(=O)CBr)c(C)c2c1C(C)(C)OC2.